The SMILES string of the molecule is O=C(NCC1CCCO1)C1CC=CCC1C(=O)OCC(F)(F)C(F)F. The van der Waals surface area contributed by atoms with Gasteiger partial charge in [0.15, 0.2) is 6.61 Å². The summed E-state index contributed by atoms with van der Waals surface area (Å²) in [4.78, 5) is 24.3. The molecule has 0 saturated carbocycles. The van der Waals surface area contributed by atoms with Gasteiger partial charge in [-0.1, -0.05) is 12.2 Å². The lowest BCUT2D eigenvalue weighted by Crippen LogP contribution is -2.43. The van der Waals surface area contributed by atoms with E-state index >= 15 is 0 Å². The summed E-state index contributed by atoms with van der Waals surface area (Å²) >= 11 is 0. The van der Waals surface area contributed by atoms with Gasteiger partial charge in [0.05, 0.1) is 17.9 Å². The van der Waals surface area contributed by atoms with Crippen LogP contribution in [0.15, 0.2) is 12.2 Å². The van der Waals surface area contributed by atoms with E-state index in [1.807, 2.05) is 0 Å². The van der Waals surface area contributed by atoms with E-state index < -0.39 is 42.7 Å². The summed E-state index contributed by atoms with van der Waals surface area (Å²) < 4.78 is 59.8. The monoisotopic (exact) mass is 367 g/mol. The topological polar surface area (TPSA) is 64.6 Å². The molecule has 1 aliphatic heterocycles. The van der Waals surface area contributed by atoms with Crippen molar-refractivity contribution in [3.63, 3.8) is 0 Å². The highest BCUT2D eigenvalue weighted by Crippen LogP contribution is 2.29. The Kier molecular flexibility index (Phi) is 6.80. The van der Waals surface area contributed by atoms with Gasteiger partial charge >= 0.3 is 18.3 Å². The van der Waals surface area contributed by atoms with Crippen LogP contribution in [0.25, 0.3) is 0 Å². The summed E-state index contributed by atoms with van der Waals surface area (Å²) in [6.45, 7) is -0.752. The van der Waals surface area contributed by atoms with E-state index in [2.05, 4.69) is 10.1 Å². The number of nitrogens with one attached hydrogen (secondary N) is 1. The molecule has 0 radical (unpaired) electrons. The Balaban J connectivity index is 1.89. The molecule has 1 amide bonds. The van der Waals surface area contributed by atoms with Crippen LogP contribution in [0, 0.1) is 11.8 Å². The molecule has 3 unspecified atom stereocenters. The number of rotatable bonds is 7. The fourth-order valence-corrected chi connectivity index (χ4v) is 2.85. The van der Waals surface area contributed by atoms with Gasteiger partial charge in [0.25, 0.3) is 0 Å². The minimum atomic E-state index is -4.41. The third-order valence-corrected chi connectivity index (χ3v) is 4.33. The Morgan fingerprint density at radius 1 is 1.24 bits per heavy atom. The molecular weight excluding hydrogens is 346 g/mol. The van der Waals surface area contributed by atoms with Gasteiger partial charge in [0, 0.05) is 13.2 Å². The lowest BCUT2D eigenvalue weighted by Gasteiger charge is -2.27. The Labute approximate surface area is 142 Å². The highest BCUT2D eigenvalue weighted by atomic mass is 19.3. The van der Waals surface area contributed by atoms with Crippen LogP contribution in [-0.4, -0.2) is 50.1 Å². The van der Waals surface area contributed by atoms with Gasteiger partial charge in [-0.3, -0.25) is 9.59 Å². The van der Waals surface area contributed by atoms with Crippen LogP contribution in [-0.2, 0) is 19.1 Å². The summed E-state index contributed by atoms with van der Waals surface area (Å²) in [5, 5.41) is 2.70. The van der Waals surface area contributed by atoms with E-state index in [1.165, 1.54) is 0 Å². The number of carbonyl (C=O) groups is 2. The van der Waals surface area contributed by atoms with Crippen molar-refractivity contribution in [2.45, 2.75) is 44.1 Å². The van der Waals surface area contributed by atoms with E-state index in [0.29, 0.717) is 13.2 Å². The Bertz CT molecular complexity index is 506. The molecule has 0 aromatic carbocycles. The minimum Gasteiger partial charge on any atom is -0.459 e. The van der Waals surface area contributed by atoms with Gasteiger partial charge in [-0.15, -0.1) is 0 Å². The molecule has 2 rings (SSSR count). The van der Waals surface area contributed by atoms with Crippen molar-refractivity contribution in [1.29, 1.82) is 0 Å². The molecule has 1 saturated heterocycles. The van der Waals surface area contributed by atoms with Crippen LogP contribution < -0.4 is 5.32 Å². The third kappa shape index (κ3) is 5.42. The molecule has 1 aliphatic carbocycles. The average Bonchev–Trinajstić information content (AvgIpc) is 3.11. The second-order valence-corrected chi connectivity index (χ2v) is 6.21. The fourth-order valence-electron chi connectivity index (χ4n) is 2.85. The first-order chi connectivity index (χ1) is 11.8. The molecule has 1 fully saturated rings. The van der Waals surface area contributed by atoms with Crippen molar-refractivity contribution in [3.05, 3.63) is 12.2 Å². The Morgan fingerprint density at radius 2 is 1.92 bits per heavy atom. The number of ether oxygens (including phenoxy) is 2. The lowest BCUT2D eigenvalue weighted by molar-refractivity contribution is -0.184. The number of alkyl halides is 4. The second kappa shape index (κ2) is 8.64. The number of hydrogen-bond donors (Lipinski definition) is 1. The quantitative estimate of drug-likeness (QED) is 0.426. The van der Waals surface area contributed by atoms with E-state index in [-0.39, 0.29) is 18.9 Å². The van der Waals surface area contributed by atoms with Crippen molar-refractivity contribution in [2.24, 2.45) is 11.8 Å². The van der Waals surface area contributed by atoms with E-state index in [4.69, 9.17) is 4.74 Å². The fraction of sp³-hybridized carbons (Fsp3) is 0.750. The predicted molar refractivity (Wildman–Crippen MR) is 79.2 cm³/mol. The number of halogens is 4. The first-order valence-electron chi connectivity index (χ1n) is 8.18. The number of esters is 1. The van der Waals surface area contributed by atoms with Crippen LogP contribution in [0.3, 0.4) is 0 Å². The highest BCUT2D eigenvalue weighted by Gasteiger charge is 2.43. The molecule has 2 aliphatic rings. The molecule has 142 valence electrons. The van der Waals surface area contributed by atoms with Crippen molar-refractivity contribution >= 4 is 11.9 Å². The zero-order valence-corrected chi connectivity index (χ0v) is 13.6. The molecule has 9 heteroatoms. The molecule has 0 bridgehead atoms. The van der Waals surface area contributed by atoms with E-state index in [1.54, 1.807) is 12.2 Å². The molecule has 1 N–H and O–H groups in total. The standard InChI is InChI=1S/C16H21F4NO4/c17-15(18)16(19,20)9-25-14(23)12-6-2-1-5-11(12)13(22)21-8-10-4-3-7-24-10/h1-2,10-12,15H,3-9H2,(H,21,22). The number of amides is 1. The van der Waals surface area contributed by atoms with Crippen LogP contribution in [0.4, 0.5) is 17.6 Å². The molecule has 25 heavy (non-hydrogen) atoms. The minimum absolute atomic E-state index is 0.0711. The number of hydrogen-bond acceptors (Lipinski definition) is 4. The largest absolute Gasteiger partial charge is 0.459 e. The van der Waals surface area contributed by atoms with E-state index in [0.717, 1.165) is 12.8 Å². The molecular formula is C16H21F4NO4. The van der Waals surface area contributed by atoms with Crippen molar-refractivity contribution in [1.82, 2.24) is 5.32 Å². The van der Waals surface area contributed by atoms with Crippen molar-refractivity contribution < 1.29 is 36.6 Å². The number of allylic oxidation sites excluding steroid dienone is 2. The van der Waals surface area contributed by atoms with Gasteiger partial charge in [0.2, 0.25) is 5.91 Å². The van der Waals surface area contributed by atoms with Gasteiger partial charge < -0.3 is 14.8 Å². The van der Waals surface area contributed by atoms with Crippen molar-refractivity contribution in [3.8, 4) is 0 Å². The van der Waals surface area contributed by atoms with Crippen molar-refractivity contribution in [2.75, 3.05) is 19.8 Å². The highest BCUT2D eigenvalue weighted by molar-refractivity contribution is 5.86. The maximum atomic E-state index is 12.9. The lowest BCUT2D eigenvalue weighted by atomic mass is 9.82. The van der Waals surface area contributed by atoms with Gasteiger partial charge in [-0.05, 0) is 25.7 Å². The smallest absolute Gasteiger partial charge is 0.340 e. The first-order valence-corrected chi connectivity index (χ1v) is 8.18. The molecule has 0 spiro atoms. The van der Waals surface area contributed by atoms with Gasteiger partial charge in [-0.2, -0.15) is 8.78 Å². The molecule has 3 atom stereocenters. The van der Waals surface area contributed by atoms with Crippen LogP contribution in [0.5, 0.6) is 0 Å². The number of carbonyl (C=O) groups excluding carboxylic acids is 2. The normalized spacial score (nSPS) is 26.7. The van der Waals surface area contributed by atoms with E-state index in [9.17, 15) is 27.2 Å². The molecule has 5 nitrogen and oxygen atoms in total. The summed E-state index contributed by atoms with van der Waals surface area (Å²) in [7, 11) is 0. The maximum absolute atomic E-state index is 12.9. The summed E-state index contributed by atoms with van der Waals surface area (Å²) in [6, 6.07) is 0. The Hall–Kier alpha value is -1.64. The Morgan fingerprint density at radius 3 is 2.52 bits per heavy atom. The second-order valence-electron chi connectivity index (χ2n) is 6.21. The van der Waals surface area contributed by atoms with Crippen LogP contribution in [0.2, 0.25) is 0 Å². The third-order valence-electron chi connectivity index (χ3n) is 4.33. The van der Waals surface area contributed by atoms with Gasteiger partial charge in [-0.25, -0.2) is 8.78 Å². The summed E-state index contributed by atoms with van der Waals surface area (Å²) in [6.07, 6.45) is 1.50. The summed E-state index contributed by atoms with van der Waals surface area (Å²) in [5.74, 6) is -7.62. The zero-order valence-electron chi connectivity index (χ0n) is 13.6. The maximum Gasteiger partial charge on any atom is 0.340 e. The molecule has 0 aromatic heterocycles. The molecule has 0 aromatic rings. The average molecular weight is 367 g/mol. The zero-order chi connectivity index (χ0) is 18.4. The predicted octanol–water partition coefficient (Wildman–Crippen LogP) is 2.31. The first kappa shape index (κ1) is 19.7. The van der Waals surface area contributed by atoms with Crippen LogP contribution >= 0.6 is 0 Å². The molecule has 1 heterocycles. The van der Waals surface area contributed by atoms with Gasteiger partial charge in [0.1, 0.15) is 0 Å². The van der Waals surface area contributed by atoms with Crippen LogP contribution in [0.1, 0.15) is 25.7 Å². The summed E-state index contributed by atoms with van der Waals surface area (Å²) in [5.41, 5.74) is 0.